The number of carbonyl (C=O) groups is 2. The van der Waals surface area contributed by atoms with Crippen LogP contribution in [-0.2, 0) is 15.1 Å². The summed E-state index contributed by atoms with van der Waals surface area (Å²) in [6.45, 7) is 7.65. The average molecular weight is 431 g/mol. The van der Waals surface area contributed by atoms with E-state index in [4.69, 9.17) is 0 Å². The fraction of sp³-hybridized carbons (Fsp3) is 0.680. The van der Waals surface area contributed by atoms with Crippen molar-refractivity contribution >= 4 is 11.9 Å². The van der Waals surface area contributed by atoms with Gasteiger partial charge in [0.15, 0.2) is 6.10 Å². The molecule has 1 aliphatic heterocycles. The summed E-state index contributed by atoms with van der Waals surface area (Å²) in [6.07, 6.45) is 5.04. The standard InChI is InChI=1S/C25H38N2O4/c1-17(2)15-21(22(28)24(30)31)23(29)27-14-13-26-16-25(27,3)20-11-9-19(10-12-20)18-7-5-4-6-8-18/h9-12,17-18,21-22,26,28H,4-8,13-16H2,1-3H3,(H,30,31)/t21-,22-,25-/m0/s1. The maximum atomic E-state index is 13.6. The highest BCUT2D eigenvalue weighted by Crippen LogP contribution is 2.36. The molecule has 3 rings (SSSR count). The van der Waals surface area contributed by atoms with Crippen molar-refractivity contribution in [2.24, 2.45) is 11.8 Å². The Morgan fingerprint density at radius 1 is 1.16 bits per heavy atom. The quantitative estimate of drug-likeness (QED) is 0.616. The number of carboxylic acids is 1. The maximum Gasteiger partial charge on any atom is 0.333 e. The van der Waals surface area contributed by atoms with Crippen LogP contribution < -0.4 is 5.32 Å². The third-order valence-corrected chi connectivity index (χ3v) is 7.13. The lowest BCUT2D eigenvalue weighted by Crippen LogP contribution is -2.61. The predicted molar refractivity (Wildman–Crippen MR) is 121 cm³/mol. The van der Waals surface area contributed by atoms with Gasteiger partial charge in [0.05, 0.1) is 11.5 Å². The van der Waals surface area contributed by atoms with Crippen LogP contribution in [0.5, 0.6) is 0 Å². The highest BCUT2D eigenvalue weighted by molar-refractivity contribution is 5.86. The van der Waals surface area contributed by atoms with E-state index >= 15 is 0 Å². The number of benzene rings is 1. The Hall–Kier alpha value is -1.92. The van der Waals surface area contributed by atoms with Gasteiger partial charge in [-0.25, -0.2) is 4.79 Å². The highest BCUT2D eigenvalue weighted by Gasteiger charge is 2.44. The van der Waals surface area contributed by atoms with Crippen molar-refractivity contribution in [1.82, 2.24) is 10.2 Å². The SMILES string of the molecule is CC(C)C[C@H](C(=O)N1CCNC[C@@]1(C)c1ccc(C2CCCCC2)cc1)[C@H](O)C(=O)O. The molecule has 1 aliphatic carbocycles. The Morgan fingerprint density at radius 2 is 1.81 bits per heavy atom. The van der Waals surface area contributed by atoms with Gasteiger partial charge in [0, 0.05) is 19.6 Å². The molecule has 0 unspecified atom stereocenters. The molecular weight excluding hydrogens is 392 g/mol. The summed E-state index contributed by atoms with van der Waals surface area (Å²) in [5.41, 5.74) is 1.82. The first-order chi connectivity index (χ1) is 14.7. The van der Waals surface area contributed by atoms with E-state index in [1.165, 1.54) is 37.7 Å². The number of piperazine rings is 1. The van der Waals surface area contributed by atoms with Crippen LogP contribution >= 0.6 is 0 Å². The Bertz CT molecular complexity index is 757. The molecule has 1 amide bonds. The van der Waals surface area contributed by atoms with Gasteiger partial charge in [-0.2, -0.15) is 0 Å². The van der Waals surface area contributed by atoms with Crippen LogP contribution in [0.3, 0.4) is 0 Å². The maximum absolute atomic E-state index is 13.6. The fourth-order valence-electron chi connectivity index (χ4n) is 5.27. The molecule has 1 aromatic carbocycles. The van der Waals surface area contributed by atoms with Crippen LogP contribution in [0.2, 0.25) is 0 Å². The number of hydrogen-bond donors (Lipinski definition) is 3. The zero-order chi connectivity index (χ0) is 22.6. The van der Waals surface area contributed by atoms with E-state index < -0.39 is 23.5 Å². The van der Waals surface area contributed by atoms with E-state index in [0.29, 0.717) is 32.0 Å². The van der Waals surface area contributed by atoms with Crippen LogP contribution in [0.4, 0.5) is 0 Å². The molecule has 1 saturated heterocycles. The van der Waals surface area contributed by atoms with Gasteiger partial charge >= 0.3 is 5.97 Å². The summed E-state index contributed by atoms with van der Waals surface area (Å²) < 4.78 is 0. The highest BCUT2D eigenvalue weighted by atomic mass is 16.4. The molecule has 0 aromatic heterocycles. The number of amides is 1. The monoisotopic (exact) mass is 430 g/mol. The molecule has 0 spiro atoms. The van der Waals surface area contributed by atoms with Crippen molar-refractivity contribution in [3.63, 3.8) is 0 Å². The van der Waals surface area contributed by atoms with Gasteiger partial charge in [-0.1, -0.05) is 57.4 Å². The minimum absolute atomic E-state index is 0.104. The van der Waals surface area contributed by atoms with Crippen molar-refractivity contribution in [1.29, 1.82) is 0 Å². The van der Waals surface area contributed by atoms with Crippen LogP contribution in [0.1, 0.15) is 76.3 Å². The largest absolute Gasteiger partial charge is 0.479 e. The van der Waals surface area contributed by atoms with Gasteiger partial charge in [0.25, 0.3) is 0 Å². The zero-order valence-corrected chi connectivity index (χ0v) is 19.1. The minimum Gasteiger partial charge on any atom is -0.479 e. The second-order valence-corrected chi connectivity index (χ2v) is 9.92. The van der Waals surface area contributed by atoms with Gasteiger partial charge in [-0.3, -0.25) is 4.79 Å². The third-order valence-electron chi connectivity index (χ3n) is 7.13. The molecule has 31 heavy (non-hydrogen) atoms. The first-order valence-corrected chi connectivity index (χ1v) is 11.8. The number of hydrogen-bond acceptors (Lipinski definition) is 4. The van der Waals surface area contributed by atoms with Gasteiger partial charge in [0.2, 0.25) is 5.91 Å². The molecule has 172 valence electrons. The smallest absolute Gasteiger partial charge is 0.333 e. The van der Waals surface area contributed by atoms with Gasteiger partial charge in [-0.15, -0.1) is 0 Å². The number of carbonyl (C=O) groups excluding carboxylic acids is 1. The summed E-state index contributed by atoms with van der Waals surface area (Å²) in [6, 6.07) is 8.65. The molecule has 2 aliphatic rings. The summed E-state index contributed by atoms with van der Waals surface area (Å²) >= 11 is 0. The molecular formula is C25H38N2O4. The fourth-order valence-corrected chi connectivity index (χ4v) is 5.27. The first kappa shape index (κ1) is 23.7. The van der Waals surface area contributed by atoms with Gasteiger partial charge < -0.3 is 20.4 Å². The molecule has 1 saturated carbocycles. The van der Waals surface area contributed by atoms with E-state index in [1.54, 1.807) is 4.90 Å². The normalized spacial score (nSPS) is 24.7. The molecule has 1 aromatic rings. The lowest BCUT2D eigenvalue weighted by molar-refractivity contribution is -0.160. The van der Waals surface area contributed by atoms with Crippen molar-refractivity contribution in [3.8, 4) is 0 Å². The van der Waals surface area contributed by atoms with Crippen LogP contribution in [-0.4, -0.2) is 52.7 Å². The summed E-state index contributed by atoms with van der Waals surface area (Å²) in [7, 11) is 0. The van der Waals surface area contributed by atoms with Crippen molar-refractivity contribution < 1.29 is 19.8 Å². The van der Waals surface area contributed by atoms with E-state index in [1.807, 2.05) is 20.8 Å². The summed E-state index contributed by atoms with van der Waals surface area (Å²) in [5.74, 6) is -1.83. The molecule has 2 fully saturated rings. The van der Waals surface area contributed by atoms with Gasteiger partial charge in [0.1, 0.15) is 0 Å². The van der Waals surface area contributed by atoms with Crippen LogP contribution in [0, 0.1) is 11.8 Å². The summed E-state index contributed by atoms with van der Waals surface area (Å²) in [5, 5.41) is 23.1. The van der Waals surface area contributed by atoms with Crippen LogP contribution in [0.25, 0.3) is 0 Å². The van der Waals surface area contributed by atoms with E-state index in [9.17, 15) is 19.8 Å². The molecule has 0 radical (unpaired) electrons. The minimum atomic E-state index is -1.69. The number of nitrogens with one attached hydrogen (secondary N) is 1. The van der Waals surface area contributed by atoms with E-state index in [2.05, 4.69) is 29.6 Å². The van der Waals surface area contributed by atoms with Crippen molar-refractivity contribution in [3.05, 3.63) is 35.4 Å². The topological polar surface area (TPSA) is 89.9 Å². The number of aliphatic carboxylic acids is 1. The lowest BCUT2D eigenvalue weighted by Gasteiger charge is -2.47. The molecule has 0 bridgehead atoms. The Kier molecular flexibility index (Phi) is 7.76. The Balaban J connectivity index is 1.86. The number of rotatable bonds is 7. The number of aliphatic hydroxyl groups excluding tert-OH is 1. The number of aliphatic hydroxyl groups is 1. The molecule has 3 N–H and O–H groups in total. The summed E-state index contributed by atoms with van der Waals surface area (Å²) in [4.78, 5) is 26.8. The first-order valence-electron chi connectivity index (χ1n) is 11.8. The molecule has 1 heterocycles. The average Bonchev–Trinajstić information content (AvgIpc) is 2.77. The third kappa shape index (κ3) is 5.29. The Labute approximate surface area is 186 Å². The molecule has 6 heteroatoms. The molecule has 3 atom stereocenters. The molecule has 6 nitrogen and oxygen atoms in total. The van der Waals surface area contributed by atoms with Crippen LogP contribution in [0.15, 0.2) is 24.3 Å². The lowest BCUT2D eigenvalue weighted by atomic mass is 9.81. The van der Waals surface area contributed by atoms with E-state index in [0.717, 1.165) is 5.56 Å². The Morgan fingerprint density at radius 3 is 2.39 bits per heavy atom. The van der Waals surface area contributed by atoms with Crippen molar-refractivity contribution in [2.75, 3.05) is 19.6 Å². The second kappa shape index (κ2) is 10.1. The van der Waals surface area contributed by atoms with Gasteiger partial charge in [-0.05, 0) is 49.1 Å². The van der Waals surface area contributed by atoms with Crippen molar-refractivity contribution in [2.45, 2.75) is 76.9 Å². The zero-order valence-electron chi connectivity index (χ0n) is 19.1. The second-order valence-electron chi connectivity index (χ2n) is 9.92. The van der Waals surface area contributed by atoms with E-state index in [-0.39, 0.29) is 11.8 Å². The predicted octanol–water partition coefficient (Wildman–Crippen LogP) is 3.49. The number of nitrogens with zero attached hydrogens (tertiary/aromatic N) is 1. The number of carboxylic acid groups (broad SMARTS) is 1.